The number of carboxylic acids is 1. The third-order valence-electron chi connectivity index (χ3n) is 5.11. The van der Waals surface area contributed by atoms with Crippen LogP contribution in [-0.4, -0.2) is 71.8 Å². The standard InChI is InChI=1S/C17H32N2O3/c1-4-16(17(20)21)19-9-6-15(7-10-19)5-8-18-11-13(2)22-14(3)12-18/h13-16H,4-12H2,1-3H3,(H,20,21)/t13-,14-,16+/m0/s1. The van der Waals surface area contributed by atoms with Crippen LogP contribution < -0.4 is 0 Å². The Kier molecular flexibility index (Phi) is 6.66. The van der Waals surface area contributed by atoms with Gasteiger partial charge in [0.15, 0.2) is 0 Å². The summed E-state index contributed by atoms with van der Waals surface area (Å²) in [6.07, 6.45) is 4.89. The van der Waals surface area contributed by atoms with Crippen molar-refractivity contribution in [3.63, 3.8) is 0 Å². The van der Waals surface area contributed by atoms with Gasteiger partial charge in [-0.05, 0) is 65.1 Å². The van der Waals surface area contributed by atoms with Crippen molar-refractivity contribution in [3.8, 4) is 0 Å². The van der Waals surface area contributed by atoms with E-state index in [9.17, 15) is 9.90 Å². The Morgan fingerprint density at radius 2 is 1.82 bits per heavy atom. The van der Waals surface area contributed by atoms with E-state index in [2.05, 4.69) is 23.6 Å². The molecule has 0 unspecified atom stereocenters. The van der Waals surface area contributed by atoms with Gasteiger partial charge in [0.1, 0.15) is 6.04 Å². The van der Waals surface area contributed by atoms with Gasteiger partial charge >= 0.3 is 5.97 Å². The van der Waals surface area contributed by atoms with E-state index in [-0.39, 0.29) is 6.04 Å². The summed E-state index contributed by atoms with van der Waals surface area (Å²) in [5, 5.41) is 9.25. The SMILES string of the molecule is CC[C@H](C(=O)O)N1CCC(CCN2C[C@H](C)O[C@@H](C)C2)CC1. The van der Waals surface area contributed by atoms with Crippen LogP contribution in [0.5, 0.6) is 0 Å². The summed E-state index contributed by atoms with van der Waals surface area (Å²) in [7, 11) is 0. The molecule has 5 nitrogen and oxygen atoms in total. The predicted octanol–water partition coefficient (Wildman–Crippen LogP) is 2.06. The average molecular weight is 312 g/mol. The summed E-state index contributed by atoms with van der Waals surface area (Å²) < 4.78 is 5.78. The fourth-order valence-electron chi connectivity index (χ4n) is 3.97. The molecule has 0 spiro atoms. The first kappa shape index (κ1) is 17.7. The number of piperidine rings is 1. The van der Waals surface area contributed by atoms with Crippen LogP contribution in [-0.2, 0) is 9.53 Å². The van der Waals surface area contributed by atoms with Gasteiger partial charge in [-0.2, -0.15) is 0 Å². The van der Waals surface area contributed by atoms with Crippen LogP contribution in [0.3, 0.4) is 0 Å². The molecule has 0 aliphatic carbocycles. The van der Waals surface area contributed by atoms with Gasteiger partial charge < -0.3 is 9.84 Å². The molecule has 0 amide bonds. The first-order valence-electron chi connectivity index (χ1n) is 8.84. The van der Waals surface area contributed by atoms with Gasteiger partial charge in [-0.3, -0.25) is 14.6 Å². The molecule has 2 aliphatic rings. The van der Waals surface area contributed by atoms with Crippen LogP contribution in [0.2, 0.25) is 0 Å². The Balaban J connectivity index is 1.70. The third kappa shape index (κ3) is 4.93. The highest BCUT2D eigenvalue weighted by molar-refractivity contribution is 5.73. The van der Waals surface area contributed by atoms with Gasteiger partial charge in [-0.25, -0.2) is 0 Å². The second-order valence-electron chi connectivity index (χ2n) is 7.05. The maximum Gasteiger partial charge on any atom is 0.320 e. The number of nitrogens with zero attached hydrogens (tertiary/aromatic N) is 2. The van der Waals surface area contributed by atoms with E-state index in [0.717, 1.165) is 51.5 Å². The fourth-order valence-corrected chi connectivity index (χ4v) is 3.97. The van der Waals surface area contributed by atoms with E-state index >= 15 is 0 Å². The molecule has 128 valence electrons. The number of aliphatic carboxylic acids is 1. The van der Waals surface area contributed by atoms with E-state index in [1.807, 2.05) is 6.92 Å². The highest BCUT2D eigenvalue weighted by Gasteiger charge is 2.29. The monoisotopic (exact) mass is 312 g/mol. The van der Waals surface area contributed by atoms with Crippen LogP contribution in [0.15, 0.2) is 0 Å². The normalized spacial score (nSPS) is 30.3. The number of carbonyl (C=O) groups is 1. The quantitative estimate of drug-likeness (QED) is 0.813. The zero-order chi connectivity index (χ0) is 16.1. The summed E-state index contributed by atoms with van der Waals surface area (Å²) in [6.45, 7) is 11.4. The van der Waals surface area contributed by atoms with E-state index in [0.29, 0.717) is 18.6 Å². The highest BCUT2D eigenvalue weighted by atomic mass is 16.5. The van der Waals surface area contributed by atoms with Crippen molar-refractivity contribution in [2.75, 3.05) is 32.7 Å². The van der Waals surface area contributed by atoms with Crippen molar-refractivity contribution in [2.24, 2.45) is 5.92 Å². The minimum atomic E-state index is -0.669. The topological polar surface area (TPSA) is 53.0 Å². The number of morpholine rings is 1. The molecule has 1 N–H and O–H groups in total. The third-order valence-corrected chi connectivity index (χ3v) is 5.11. The molecule has 2 saturated heterocycles. The molecule has 5 heteroatoms. The van der Waals surface area contributed by atoms with Crippen molar-refractivity contribution >= 4 is 5.97 Å². The molecule has 0 radical (unpaired) electrons. The number of rotatable bonds is 6. The molecule has 2 heterocycles. The van der Waals surface area contributed by atoms with E-state index in [1.165, 1.54) is 6.42 Å². The van der Waals surface area contributed by atoms with E-state index in [4.69, 9.17) is 4.74 Å². The summed E-state index contributed by atoms with van der Waals surface area (Å²) in [5.74, 6) is 0.0771. The highest BCUT2D eigenvalue weighted by Crippen LogP contribution is 2.24. The summed E-state index contributed by atoms with van der Waals surface area (Å²) >= 11 is 0. The molecule has 2 fully saturated rings. The van der Waals surface area contributed by atoms with Gasteiger partial charge in [-0.15, -0.1) is 0 Å². The fraction of sp³-hybridized carbons (Fsp3) is 0.941. The van der Waals surface area contributed by atoms with Crippen LogP contribution in [0.4, 0.5) is 0 Å². The van der Waals surface area contributed by atoms with Crippen LogP contribution in [0.25, 0.3) is 0 Å². The van der Waals surface area contributed by atoms with Gasteiger partial charge in [0.05, 0.1) is 12.2 Å². The number of likely N-dealkylation sites (tertiary alicyclic amines) is 1. The Morgan fingerprint density at radius 3 is 2.32 bits per heavy atom. The van der Waals surface area contributed by atoms with Gasteiger partial charge in [0, 0.05) is 13.1 Å². The average Bonchev–Trinajstić information content (AvgIpc) is 2.46. The first-order valence-corrected chi connectivity index (χ1v) is 8.84. The Hall–Kier alpha value is -0.650. The lowest BCUT2D eigenvalue weighted by Gasteiger charge is -2.38. The molecule has 0 aromatic rings. The summed E-state index contributed by atoms with van der Waals surface area (Å²) in [4.78, 5) is 15.9. The minimum absolute atomic E-state index is 0.290. The maximum absolute atomic E-state index is 11.2. The van der Waals surface area contributed by atoms with E-state index in [1.54, 1.807) is 0 Å². The Morgan fingerprint density at radius 1 is 1.23 bits per heavy atom. The molecule has 0 aromatic carbocycles. The number of carboxylic acid groups (broad SMARTS) is 1. The van der Waals surface area contributed by atoms with Crippen LogP contribution >= 0.6 is 0 Å². The molecule has 0 saturated carbocycles. The largest absolute Gasteiger partial charge is 0.480 e. The zero-order valence-corrected chi connectivity index (χ0v) is 14.3. The second kappa shape index (κ2) is 8.27. The van der Waals surface area contributed by atoms with Gasteiger partial charge in [0.25, 0.3) is 0 Å². The molecule has 3 atom stereocenters. The van der Waals surface area contributed by atoms with Gasteiger partial charge in [-0.1, -0.05) is 6.92 Å². The number of hydrogen-bond acceptors (Lipinski definition) is 4. The smallest absolute Gasteiger partial charge is 0.320 e. The Labute approximate surface area is 134 Å². The maximum atomic E-state index is 11.2. The van der Waals surface area contributed by atoms with Crippen molar-refractivity contribution in [3.05, 3.63) is 0 Å². The lowest BCUT2D eigenvalue weighted by Crippen LogP contribution is -2.47. The minimum Gasteiger partial charge on any atom is -0.480 e. The Bertz CT molecular complexity index is 346. The van der Waals surface area contributed by atoms with Crippen molar-refractivity contribution in [2.45, 2.75) is 64.7 Å². The lowest BCUT2D eigenvalue weighted by atomic mass is 9.92. The number of hydrogen-bond donors (Lipinski definition) is 1. The van der Waals surface area contributed by atoms with Crippen LogP contribution in [0.1, 0.15) is 46.5 Å². The lowest BCUT2D eigenvalue weighted by molar-refractivity contribution is -0.144. The van der Waals surface area contributed by atoms with Crippen LogP contribution in [0, 0.1) is 5.92 Å². The van der Waals surface area contributed by atoms with Crippen molar-refractivity contribution < 1.29 is 14.6 Å². The number of ether oxygens (including phenoxy) is 1. The van der Waals surface area contributed by atoms with Gasteiger partial charge in [0.2, 0.25) is 0 Å². The predicted molar refractivity (Wildman–Crippen MR) is 87.1 cm³/mol. The molecule has 2 aliphatic heterocycles. The summed E-state index contributed by atoms with van der Waals surface area (Å²) in [6, 6.07) is -0.290. The molecular formula is C17H32N2O3. The van der Waals surface area contributed by atoms with Crippen molar-refractivity contribution in [1.29, 1.82) is 0 Å². The molecule has 2 rings (SSSR count). The first-order chi connectivity index (χ1) is 10.5. The summed E-state index contributed by atoms with van der Waals surface area (Å²) in [5.41, 5.74) is 0. The van der Waals surface area contributed by atoms with E-state index < -0.39 is 5.97 Å². The molecule has 0 bridgehead atoms. The zero-order valence-electron chi connectivity index (χ0n) is 14.3. The molecular weight excluding hydrogens is 280 g/mol. The van der Waals surface area contributed by atoms with Crippen molar-refractivity contribution in [1.82, 2.24) is 9.80 Å². The second-order valence-corrected chi connectivity index (χ2v) is 7.05. The molecule has 0 aromatic heterocycles. The molecule has 22 heavy (non-hydrogen) atoms.